The van der Waals surface area contributed by atoms with Crippen molar-refractivity contribution in [1.82, 2.24) is 19.9 Å². The van der Waals surface area contributed by atoms with E-state index < -0.39 is 41.8 Å². The molecule has 4 aromatic rings. The molecule has 6 rings (SSSR count). The molecule has 48 heavy (non-hydrogen) atoms. The Bertz CT molecular complexity index is 1880. The van der Waals surface area contributed by atoms with Gasteiger partial charge in [0.2, 0.25) is 11.8 Å². The van der Waals surface area contributed by atoms with Crippen molar-refractivity contribution in [2.24, 2.45) is 0 Å². The van der Waals surface area contributed by atoms with Gasteiger partial charge >= 0.3 is 13.3 Å². The van der Waals surface area contributed by atoms with E-state index in [0.717, 1.165) is 12.1 Å². The number of pyridine rings is 1. The van der Waals surface area contributed by atoms with Crippen molar-refractivity contribution in [2.45, 2.75) is 57.3 Å². The number of halogens is 3. The van der Waals surface area contributed by atoms with Gasteiger partial charge in [0.25, 0.3) is 5.56 Å². The van der Waals surface area contributed by atoms with Crippen molar-refractivity contribution >= 4 is 35.9 Å². The average Bonchev–Trinajstić information content (AvgIpc) is 3.62. The lowest BCUT2D eigenvalue weighted by Gasteiger charge is -2.24. The summed E-state index contributed by atoms with van der Waals surface area (Å²) in [6.45, 7) is 3.84. The minimum absolute atomic E-state index is 0.0305. The van der Waals surface area contributed by atoms with Crippen LogP contribution < -0.4 is 36.4 Å². The van der Waals surface area contributed by atoms with Crippen LogP contribution in [0.25, 0.3) is 0 Å². The van der Waals surface area contributed by atoms with Crippen molar-refractivity contribution in [3.63, 3.8) is 0 Å². The standard InChI is InChI=1S/C33H32BF3N6O5/c1-3-13-39-29(45)23-16-32(2,17-26(44)41-22-10-7-14-38-19-22)31-42-28(34-47-24-11-4-5-12-25(24)48-34)27(30(46)43(23)31)40-18-20-8-6-9-21(15-20)33(35,36)37/h4-12,14-15,19,23,40H,3,13,16-18H2,1-2H3,(H,39,45)(H,41,44). The van der Waals surface area contributed by atoms with Crippen LogP contribution in [0.5, 0.6) is 11.5 Å². The van der Waals surface area contributed by atoms with E-state index in [1.165, 1.54) is 22.9 Å². The monoisotopic (exact) mass is 660 g/mol. The third-order valence-electron chi connectivity index (χ3n) is 8.25. The van der Waals surface area contributed by atoms with Crippen molar-refractivity contribution in [2.75, 3.05) is 17.2 Å². The van der Waals surface area contributed by atoms with Gasteiger partial charge in [-0.25, -0.2) is 4.98 Å². The number of fused-ring (bicyclic) bond motifs is 2. The number of hydrogen-bond donors (Lipinski definition) is 3. The Morgan fingerprint density at radius 1 is 1.08 bits per heavy atom. The summed E-state index contributed by atoms with van der Waals surface area (Å²) < 4.78 is 53.7. The number of para-hydroxylation sites is 2. The van der Waals surface area contributed by atoms with Gasteiger partial charge in [-0.1, -0.05) is 38.1 Å². The lowest BCUT2D eigenvalue weighted by atomic mass is 9.80. The van der Waals surface area contributed by atoms with Crippen LogP contribution in [0.1, 0.15) is 56.1 Å². The summed E-state index contributed by atoms with van der Waals surface area (Å²) >= 11 is 0. The number of rotatable bonds is 10. The Morgan fingerprint density at radius 2 is 1.83 bits per heavy atom. The largest absolute Gasteiger partial charge is 0.655 e. The lowest BCUT2D eigenvalue weighted by Crippen LogP contribution is -2.49. The van der Waals surface area contributed by atoms with E-state index >= 15 is 0 Å². The summed E-state index contributed by atoms with van der Waals surface area (Å²) in [5.41, 5.74) is -1.93. The minimum Gasteiger partial charge on any atom is -0.518 e. The average molecular weight is 660 g/mol. The number of hydrogen-bond acceptors (Lipinski definition) is 8. The Labute approximate surface area is 274 Å². The summed E-state index contributed by atoms with van der Waals surface area (Å²) in [4.78, 5) is 50.2. The van der Waals surface area contributed by atoms with Gasteiger partial charge in [-0.3, -0.25) is 23.9 Å². The summed E-state index contributed by atoms with van der Waals surface area (Å²) in [6.07, 6.45) is -0.878. The van der Waals surface area contributed by atoms with Gasteiger partial charge in [0.1, 0.15) is 34.6 Å². The second-order valence-corrected chi connectivity index (χ2v) is 12.0. The molecule has 2 aromatic carbocycles. The first-order chi connectivity index (χ1) is 23.0. The maximum Gasteiger partial charge on any atom is 0.655 e. The fraction of sp³-hybridized carbons (Fsp3) is 0.303. The summed E-state index contributed by atoms with van der Waals surface area (Å²) in [5, 5.41) is 8.62. The molecule has 0 spiro atoms. The van der Waals surface area contributed by atoms with Crippen molar-refractivity contribution < 1.29 is 32.1 Å². The maximum atomic E-state index is 14.5. The Morgan fingerprint density at radius 3 is 2.50 bits per heavy atom. The van der Waals surface area contributed by atoms with Gasteiger partial charge in [-0.2, -0.15) is 13.2 Å². The number of benzene rings is 2. The molecule has 0 saturated carbocycles. The molecule has 2 aromatic heterocycles. The Hall–Kier alpha value is -5.34. The molecule has 0 fully saturated rings. The summed E-state index contributed by atoms with van der Waals surface area (Å²) in [5.74, 6) is 0.187. The molecule has 0 radical (unpaired) electrons. The molecule has 15 heteroatoms. The molecular weight excluding hydrogens is 628 g/mol. The highest BCUT2D eigenvalue weighted by Gasteiger charge is 2.50. The molecule has 0 aliphatic carbocycles. The fourth-order valence-electron chi connectivity index (χ4n) is 5.99. The Balaban J connectivity index is 1.43. The van der Waals surface area contributed by atoms with Crippen LogP contribution in [0.15, 0.2) is 77.9 Å². The number of carbonyl (C=O) groups excluding carboxylic acids is 2. The quantitative estimate of drug-likeness (QED) is 0.216. The number of nitrogens with zero attached hydrogens (tertiary/aromatic N) is 3. The molecule has 248 valence electrons. The van der Waals surface area contributed by atoms with Crippen LogP contribution in [-0.4, -0.2) is 40.0 Å². The number of nitrogens with one attached hydrogen (secondary N) is 3. The molecular formula is C33H32BF3N6O5. The van der Waals surface area contributed by atoms with E-state index in [1.54, 1.807) is 49.5 Å². The fourth-order valence-corrected chi connectivity index (χ4v) is 5.99. The van der Waals surface area contributed by atoms with Crippen LogP contribution in [0.4, 0.5) is 24.5 Å². The van der Waals surface area contributed by atoms with E-state index in [1.807, 2.05) is 6.92 Å². The molecule has 0 saturated heterocycles. The number of amides is 2. The first-order valence-corrected chi connectivity index (χ1v) is 15.4. The van der Waals surface area contributed by atoms with Gasteiger partial charge in [0, 0.05) is 31.1 Å². The number of alkyl halides is 3. The topological polar surface area (TPSA) is 136 Å². The maximum absolute atomic E-state index is 14.5. The van der Waals surface area contributed by atoms with Crippen LogP contribution in [0, 0.1) is 0 Å². The zero-order valence-electron chi connectivity index (χ0n) is 26.1. The first kappa shape index (κ1) is 32.6. The van der Waals surface area contributed by atoms with Crippen molar-refractivity contribution in [1.29, 1.82) is 0 Å². The van der Waals surface area contributed by atoms with Gasteiger partial charge in [-0.15, -0.1) is 0 Å². The normalized spacial score (nSPS) is 17.9. The molecule has 0 bridgehead atoms. The zero-order chi connectivity index (χ0) is 34.1. The highest BCUT2D eigenvalue weighted by Crippen LogP contribution is 2.42. The van der Waals surface area contributed by atoms with E-state index in [-0.39, 0.29) is 48.0 Å². The first-order valence-electron chi connectivity index (χ1n) is 15.4. The number of anilines is 2. The molecule has 11 nitrogen and oxygen atoms in total. The van der Waals surface area contributed by atoms with Crippen LogP contribution >= 0.6 is 0 Å². The van der Waals surface area contributed by atoms with Gasteiger partial charge < -0.3 is 25.3 Å². The Kier molecular flexibility index (Phi) is 8.86. The van der Waals surface area contributed by atoms with Crippen molar-refractivity contribution in [3.8, 4) is 11.5 Å². The molecule has 2 amide bonds. The van der Waals surface area contributed by atoms with Crippen LogP contribution in [0.3, 0.4) is 0 Å². The van der Waals surface area contributed by atoms with Crippen molar-refractivity contribution in [3.05, 3.63) is 100 Å². The molecule has 2 atom stereocenters. The smallest absolute Gasteiger partial charge is 0.518 e. The molecule has 4 heterocycles. The van der Waals surface area contributed by atoms with E-state index in [2.05, 4.69) is 20.9 Å². The summed E-state index contributed by atoms with van der Waals surface area (Å²) in [6, 6.07) is 13.9. The predicted octanol–water partition coefficient (Wildman–Crippen LogP) is 4.19. The summed E-state index contributed by atoms with van der Waals surface area (Å²) in [7, 11) is -1.20. The lowest BCUT2D eigenvalue weighted by molar-refractivity contribution is -0.137. The third kappa shape index (κ3) is 6.57. The third-order valence-corrected chi connectivity index (χ3v) is 8.25. The predicted molar refractivity (Wildman–Crippen MR) is 172 cm³/mol. The van der Waals surface area contributed by atoms with E-state index in [9.17, 15) is 27.6 Å². The minimum atomic E-state index is -4.56. The highest BCUT2D eigenvalue weighted by molar-refractivity contribution is 6.64. The second-order valence-electron chi connectivity index (χ2n) is 12.0. The van der Waals surface area contributed by atoms with E-state index in [0.29, 0.717) is 30.2 Å². The number of carbonyl (C=O) groups is 2. The zero-order valence-corrected chi connectivity index (χ0v) is 26.1. The van der Waals surface area contributed by atoms with Crippen LogP contribution in [0.2, 0.25) is 0 Å². The number of aromatic nitrogens is 3. The van der Waals surface area contributed by atoms with E-state index in [4.69, 9.17) is 14.3 Å². The van der Waals surface area contributed by atoms with Gasteiger partial charge in [0.05, 0.1) is 17.4 Å². The van der Waals surface area contributed by atoms with Gasteiger partial charge in [-0.05, 0) is 54.8 Å². The molecule has 2 unspecified atom stereocenters. The van der Waals surface area contributed by atoms with Gasteiger partial charge in [0.15, 0.2) is 0 Å². The molecule has 2 aliphatic heterocycles. The second kappa shape index (κ2) is 13.0. The molecule has 3 N–H and O–H groups in total. The highest BCUT2D eigenvalue weighted by atomic mass is 19.4. The van der Waals surface area contributed by atoms with Crippen LogP contribution in [-0.2, 0) is 27.7 Å². The SMILES string of the molecule is CCCNC(=O)C1CC(C)(CC(=O)Nc2cccnc2)c2nc(B3Oc4ccccc4O3)c(NCc3cccc(C(F)(F)F)c3)c(=O)n21. The molecule has 2 aliphatic rings.